The average molecular weight is 464 g/mol. The summed E-state index contributed by atoms with van der Waals surface area (Å²) in [6.07, 6.45) is 3.50. The van der Waals surface area contributed by atoms with Crippen molar-refractivity contribution < 1.29 is 4.74 Å². The first-order valence-electron chi connectivity index (χ1n) is 11.9. The first kappa shape index (κ1) is 20.4. The van der Waals surface area contributed by atoms with Gasteiger partial charge in [0, 0.05) is 17.3 Å². The zero-order chi connectivity index (χ0) is 23.9. The van der Waals surface area contributed by atoms with Gasteiger partial charge >= 0.3 is 0 Å². The van der Waals surface area contributed by atoms with Crippen LogP contribution in [0.1, 0.15) is 0 Å². The molecule has 0 aliphatic carbocycles. The Labute approximate surface area is 209 Å². The molecular weight excluding hydrogens is 442 g/mol. The van der Waals surface area contributed by atoms with E-state index >= 15 is 0 Å². The molecule has 0 bridgehead atoms. The van der Waals surface area contributed by atoms with Crippen molar-refractivity contribution in [3.05, 3.63) is 128 Å². The van der Waals surface area contributed by atoms with Crippen LogP contribution in [0.4, 0.5) is 17.1 Å². The predicted octanol–water partition coefficient (Wildman–Crippen LogP) is 8.54. The van der Waals surface area contributed by atoms with Gasteiger partial charge in [-0.05, 0) is 70.8 Å². The molecule has 2 heterocycles. The summed E-state index contributed by atoms with van der Waals surface area (Å²) in [5.74, 6) is 1.70. The lowest BCUT2D eigenvalue weighted by atomic mass is 9.95. The third-order valence-electron chi connectivity index (χ3n) is 6.60. The number of aromatic nitrogens is 2. The van der Waals surface area contributed by atoms with Crippen LogP contribution < -0.4 is 9.64 Å². The lowest BCUT2D eigenvalue weighted by molar-refractivity contribution is 0.477. The van der Waals surface area contributed by atoms with Crippen LogP contribution in [0.15, 0.2) is 128 Å². The van der Waals surface area contributed by atoms with Crippen LogP contribution in [-0.4, -0.2) is 9.97 Å². The largest absolute Gasteiger partial charge is 0.453 e. The number of para-hydroxylation sites is 4. The molecule has 1 aliphatic heterocycles. The Kier molecular flexibility index (Phi) is 4.74. The van der Waals surface area contributed by atoms with E-state index in [0.717, 1.165) is 61.7 Å². The van der Waals surface area contributed by atoms with Crippen LogP contribution in [0.25, 0.3) is 33.2 Å². The lowest BCUT2D eigenvalue weighted by Crippen LogP contribution is -2.15. The summed E-state index contributed by atoms with van der Waals surface area (Å²) >= 11 is 0. The number of anilines is 3. The maximum absolute atomic E-state index is 6.16. The van der Waals surface area contributed by atoms with Gasteiger partial charge in [-0.2, -0.15) is 0 Å². The Balaban J connectivity index is 1.34. The van der Waals surface area contributed by atoms with E-state index in [1.807, 2.05) is 48.7 Å². The first-order valence-corrected chi connectivity index (χ1v) is 11.9. The van der Waals surface area contributed by atoms with E-state index in [0.29, 0.717) is 0 Å². The fourth-order valence-corrected chi connectivity index (χ4v) is 4.89. The molecule has 0 saturated carbocycles. The molecule has 0 saturated heterocycles. The minimum Gasteiger partial charge on any atom is -0.453 e. The molecule has 4 nitrogen and oxygen atoms in total. The van der Waals surface area contributed by atoms with Crippen molar-refractivity contribution in [2.75, 3.05) is 4.90 Å². The van der Waals surface area contributed by atoms with Crippen LogP contribution in [0.2, 0.25) is 0 Å². The highest BCUT2D eigenvalue weighted by atomic mass is 16.5. The van der Waals surface area contributed by atoms with Gasteiger partial charge in [-0.1, -0.05) is 66.7 Å². The molecule has 0 N–H and O–H groups in total. The topological polar surface area (TPSA) is 38.2 Å². The van der Waals surface area contributed by atoms with Gasteiger partial charge in [0.05, 0.1) is 16.9 Å². The van der Waals surface area contributed by atoms with Gasteiger partial charge in [0.15, 0.2) is 11.5 Å². The van der Waals surface area contributed by atoms with Gasteiger partial charge in [0.25, 0.3) is 0 Å². The van der Waals surface area contributed by atoms with Crippen LogP contribution >= 0.6 is 0 Å². The molecule has 36 heavy (non-hydrogen) atoms. The maximum atomic E-state index is 6.16. The molecule has 170 valence electrons. The number of hydrogen-bond acceptors (Lipinski definition) is 4. The van der Waals surface area contributed by atoms with Gasteiger partial charge in [0.1, 0.15) is 6.33 Å². The minimum atomic E-state index is 0.849. The second-order valence-electron chi connectivity index (χ2n) is 8.77. The summed E-state index contributed by atoms with van der Waals surface area (Å²) in [6.45, 7) is 0. The number of fused-ring (bicyclic) bond motifs is 3. The number of rotatable bonds is 3. The standard InChI is InChI=1S/C32H21N3O/c1-2-8-23(9-3-1)26-18-24(19-28-27(26)20-33-21-34-28)22-14-16-25(17-15-22)35-29-10-4-6-12-31(29)36-32-13-7-5-11-30(32)35/h1-21H. The van der Waals surface area contributed by atoms with E-state index in [2.05, 4.69) is 87.7 Å². The van der Waals surface area contributed by atoms with Crippen LogP contribution in [0.3, 0.4) is 0 Å². The molecule has 0 amide bonds. The molecule has 7 rings (SSSR count). The molecule has 1 aromatic heterocycles. The van der Waals surface area contributed by atoms with E-state index in [1.54, 1.807) is 6.33 Å². The number of benzene rings is 5. The Morgan fingerprint density at radius 1 is 0.583 bits per heavy atom. The van der Waals surface area contributed by atoms with Crippen molar-refractivity contribution in [1.82, 2.24) is 9.97 Å². The molecule has 6 aromatic rings. The molecule has 0 fully saturated rings. The smallest absolute Gasteiger partial charge is 0.151 e. The quantitative estimate of drug-likeness (QED) is 0.263. The van der Waals surface area contributed by atoms with Gasteiger partial charge in [-0.15, -0.1) is 0 Å². The van der Waals surface area contributed by atoms with Gasteiger partial charge in [-0.3, -0.25) is 0 Å². The molecule has 5 aromatic carbocycles. The van der Waals surface area contributed by atoms with Crippen molar-refractivity contribution in [2.24, 2.45) is 0 Å². The highest BCUT2D eigenvalue weighted by molar-refractivity contribution is 5.98. The van der Waals surface area contributed by atoms with Crippen molar-refractivity contribution in [2.45, 2.75) is 0 Å². The second kappa shape index (κ2) is 8.36. The third kappa shape index (κ3) is 3.39. The summed E-state index contributed by atoms with van der Waals surface area (Å²) < 4.78 is 6.16. The third-order valence-corrected chi connectivity index (χ3v) is 6.60. The average Bonchev–Trinajstić information content (AvgIpc) is 2.96. The summed E-state index contributed by atoms with van der Waals surface area (Å²) in [5.41, 5.74) is 8.59. The summed E-state index contributed by atoms with van der Waals surface area (Å²) in [6, 6.07) is 39.7. The SMILES string of the molecule is c1ccc(-c2cc(-c3ccc(N4c5ccccc5Oc5ccccc54)cc3)cc3ncncc23)cc1. The van der Waals surface area contributed by atoms with Gasteiger partial charge in [-0.25, -0.2) is 9.97 Å². The van der Waals surface area contributed by atoms with Crippen LogP contribution in [0, 0.1) is 0 Å². The molecule has 0 unspecified atom stereocenters. The van der Waals surface area contributed by atoms with E-state index in [-0.39, 0.29) is 0 Å². The molecule has 4 heteroatoms. The van der Waals surface area contributed by atoms with E-state index in [9.17, 15) is 0 Å². The van der Waals surface area contributed by atoms with Crippen molar-refractivity contribution in [3.63, 3.8) is 0 Å². The summed E-state index contributed by atoms with van der Waals surface area (Å²) in [7, 11) is 0. The van der Waals surface area contributed by atoms with Gasteiger partial charge < -0.3 is 9.64 Å². The van der Waals surface area contributed by atoms with Crippen molar-refractivity contribution >= 4 is 28.0 Å². The summed E-state index contributed by atoms with van der Waals surface area (Å²) in [5, 5.41) is 1.05. The zero-order valence-electron chi connectivity index (χ0n) is 19.4. The van der Waals surface area contributed by atoms with Crippen LogP contribution in [-0.2, 0) is 0 Å². The second-order valence-corrected chi connectivity index (χ2v) is 8.77. The predicted molar refractivity (Wildman–Crippen MR) is 145 cm³/mol. The van der Waals surface area contributed by atoms with E-state index in [1.165, 1.54) is 0 Å². The molecule has 0 atom stereocenters. The Bertz CT molecular complexity index is 1670. The molecule has 0 spiro atoms. The molecule has 1 aliphatic rings. The van der Waals surface area contributed by atoms with E-state index in [4.69, 9.17) is 4.74 Å². The number of nitrogens with zero attached hydrogens (tertiary/aromatic N) is 3. The Morgan fingerprint density at radius 3 is 1.97 bits per heavy atom. The summed E-state index contributed by atoms with van der Waals surface area (Å²) in [4.78, 5) is 11.1. The maximum Gasteiger partial charge on any atom is 0.151 e. The van der Waals surface area contributed by atoms with Crippen LogP contribution in [0.5, 0.6) is 11.5 Å². The number of hydrogen-bond donors (Lipinski definition) is 0. The van der Waals surface area contributed by atoms with Crippen molar-refractivity contribution in [1.29, 1.82) is 0 Å². The fourth-order valence-electron chi connectivity index (χ4n) is 4.89. The molecule has 0 radical (unpaired) electrons. The first-order chi connectivity index (χ1) is 17.8. The minimum absolute atomic E-state index is 0.849. The van der Waals surface area contributed by atoms with Gasteiger partial charge in [0.2, 0.25) is 0 Å². The lowest BCUT2D eigenvalue weighted by Gasteiger charge is -2.32. The highest BCUT2D eigenvalue weighted by Crippen LogP contribution is 2.50. The Morgan fingerprint density at radius 2 is 1.25 bits per heavy atom. The highest BCUT2D eigenvalue weighted by Gasteiger charge is 2.25. The van der Waals surface area contributed by atoms with Crippen molar-refractivity contribution in [3.8, 4) is 33.8 Å². The zero-order valence-corrected chi connectivity index (χ0v) is 19.4. The normalized spacial score (nSPS) is 12.1. The van der Waals surface area contributed by atoms with E-state index < -0.39 is 0 Å². The number of ether oxygens (including phenoxy) is 1. The molecular formula is C32H21N3O. The fraction of sp³-hybridized carbons (Fsp3) is 0. The monoisotopic (exact) mass is 463 g/mol. The Hall–Kier alpha value is -4.96.